The topological polar surface area (TPSA) is 102 Å². The highest BCUT2D eigenvalue weighted by Gasteiger charge is 2.30. The van der Waals surface area contributed by atoms with Crippen LogP contribution in [0.3, 0.4) is 0 Å². The van der Waals surface area contributed by atoms with Crippen LogP contribution in [-0.4, -0.2) is 56.0 Å². The SMILES string of the molecule is COc1ccc2c(c1)C(CC(=O)c1cccc(C(=O)NC3CCS(=O)(=O)C3)c1)=NC(C)(C)C2. The van der Waals surface area contributed by atoms with Gasteiger partial charge in [0.05, 0.1) is 36.3 Å². The van der Waals surface area contributed by atoms with E-state index in [2.05, 4.69) is 5.32 Å². The van der Waals surface area contributed by atoms with Gasteiger partial charge < -0.3 is 10.1 Å². The van der Waals surface area contributed by atoms with Gasteiger partial charge in [-0.1, -0.05) is 18.2 Å². The number of fused-ring (bicyclic) bond motifs is 1. The number of ether oxygens (including phenoxy) is 1. The number of methoxy groups -OCH3 is 1. The van der Waals surface area contributed by atoms with Gasteiger partial charge in [-0.15, -0.1) is 0 Å². The minimum atomic E-state index is -3.09. The number of ketones is 1. The number of carbonyl (C=O) groups excluding carboxylic acids is 2. The van der Waals surface area contributed by atoms with Gasteiger partial charge in [0.25, 0.3) is 5.91 Å². The lowest BCUT2D eigenvalue weighted by molar-refractivity contribution is 0.0941. The molecule has 1 N–H and O–H groups in total. The third-order valence-corrected chi connectivity index (χ3v) is 7.80. The average molecular weight is 469 g/mol. The van der Waals surface area contributed by atoms with E-state index in [9.17, 15) is 18.0 Å². The summed E-state index contributed by atoms with van der Waals surface area (Å²) in [5.74, 6) is 0.231. The number of Topliss-reactive ketones (excluding diaryl/α,β-unsaturated/α-hetero) is 1. The summed E-state index contributed by atoms with van der Waals surface area (Å²) in [6.45, 7) is 4.08. The number of benzene rings is 2. The van der Waals surface area contributed by atoms with E-state index in [1.54, 1.807) is 31.4 Å². The molecular weight excluding hydrogens is 440 g/mol. The predicted molar refractivity (Wildman–Crippen MR) is 127 cm³/mol. The molecule has 0 saturated carbocycles. The fourth-order valence-corrected chi connectivity index (χ4v) is 6.11. The van der Waals surface area contributed by atoms with Gasteiger partial charge in [0, 0.05) is 22.7 Å². The number of aliphatic imine (C=N–C) groups is 1. The van der Waals surface area contributed by atoms with Crippen LogP contribution in [0.25, 0.3) is 0 Å². The molecule has 0 bridgehead atoms. The third kappa shape index (κ3) is 5.33. The number of carbonyl (C=O) groups is 2. The molecule has 1 unspecified atom stereocenters. The fraction of sp³-hybridized carbons (Fsp3) is 0.400. The molecule has 1 saturated heterocycles. The smallest absolute Gasteiger partial charge is 0.251 e. The van der Waals surface area contributed by atoms with Gasteiger partial charge in [-0.2, -0.15) is 0 Å². The molecule has 2 heterocycles. The Bertz CT molecular complexity index is 1250. The zero-order chi connectivity index (χ0) is 23.8. The Kier molecular flexibility index (Phi) is 6.14. The molecule has 7 nitrogen and oxygen atoms in total. The summed E-state index contributed by atoms with van der Waals surface area (Å²) in [6.07, 6.45) is 1.29. The minimum Gasteiger partial charge on any atom is -0.497 e. The summed E-state index contributed by atoms with van der Waals surface area (Å²) >= 11 is 0. The van der Waals surface area contributed by atoms with Crippen LogP contribution >= 0.6 is 0 Å². The Balaban J connectivity index is 1.53. The van der Waals surface area contributed by atoms with Crippen molar-refractivity contribution in [2.75, 3.05) is 18.6 Å². The van der Waals surface area contributed by atoms with Crippen LogP contribution in [0.5, 0.6) is 5.75 Å². The zero-order valence-electron chi connectivity index (χ0n) is 19.1. The Hall–Kier alpha value is -3.00. The molecule has 1 atom stereocenters. The van der Waals surface area contributed by atoms with Gasteiger partial charge in [-0.25, -0.2) is 8.42 Å². The van der Waals surface area contributed by atoms with Gasteiger partial charge in [-0.05, 0) is 56.5 Å². The molecule has 0 radical (unpaired) electrons. The van der Waals surface area contributed by atoms with Crippen molar-refractivity contribution in [3.8, 4) is 5.75 Å². The standard InChI is InChI=1S/C25H28N2O5S/c1-25(2)14-18-7-8-20(32-3)12-21(18)22(27-25)13-23(28)16-5-4-6-17(11-16)24(29)26-19-9-10-33(30,31)15-19/h4-8,11-12,19H,9-10,13-15H2,1-3H3,(H,26,29). The van der Waals surface area contributed by atoms with Crippen molar-refractivity contribution in [2.24, 2.45) is 4.99 Å². The second-order valence-corrected chi connectivity index (χ2v) is 11.6. The second-order valence-electron chi connectivity index (χ2n) is 9.32. The molecule has 2 aromatic carbocycles. The summed E-state index contributed by atoms with van der Waals surface area (Å²) in [5, 5.41) is 2.77. The summed E-state index contributed by atoms with van der Waals surface area (Å²) < 4.78 is 28.7. The van der Waals surface area contributed by atoms with Gasteiger partial charge in [0.1, 0.15) is 5.75 Å². The highest BCUT2D eigenvalue weighted by Crippen LogP contribution is 2.31. The molecule has 33 heavy (non-hydrogen) atoms. The number of rotatable bonds is 6. The number of hydrogen-bond acceptors (Lipinski definition) is 6. The van der Waals surface area contributed by atoms with E-state index in [0.717, 1.165) is 17.5 Å². The van der Waals surface area contributed by atoms with E-state index < -0.39 is 15.9 Å². The molecule has 2 aliphatic rings. The lowest BCUT2D eigenvalue weighted by atomic mass is 9.85. The van der Waals surface area contributed by atoms with Crippen molar-refractivity contribution in [1.82, 2.24) is 5.32 Å². The number of nitrogens with zero attached hydrogens (tertiary/aromatic N) is 1. The van der Waals surface area contributed by atoms with Crippen LogP contribution in [0.15, 0.2) is 47.5 Å². The van der Waals surface area contributed by atoms with E-state index in [0.29, 0.717) is 29.0 Å². The maximum atomic E-state index is 13.2. The lowest BCUT2D eigenvalue weighted by Crippen LogP contribution is -2.35. The molecule has 0 aromatic heterocycles. The number of amides is 1. The van der Waals surface area contributed by atoms with Crippen molar-refractivity contribution in [2.45, 2.75) is 44.7 Å². The van der Waals surface area contributed by atoms with Gasteiger partial charge >= 0.3 is 0 Å². The molecule has 4 rings (SSSR count). The predicted octanol–water partition coefficient (Wildman–Crippen LogP) is 3.01. The lowest BCUT2D eigenvalue weighted by Gasteiger charge is -2.29. The minimum absolute atomic E-state index is 0.0458. The van der Waals surface area contributed by atoms with E-state index >= 15 is 0 Å². The van der Waals surface area contributed by atoms with E-state index in [1.807, 2.05) is 32.0 Å². The van der Waals surface area contributed by atoms with Crippen molar-refractivity contribution < 1.29 is 22.7 Å². The molecule has 2 aliphatic heterocycles. The van der Waals surface area contributed by atoms with Crippen molar-refractivity contribution >= 4 is 27.2 Å². The highest BCUT2D eigenvalue weighted by atomic mass is 32.2. The van der Waals surface area contributed by atoms with Crippen LogP contribution in [0.1, 0.15) is 58.5 Å². The number of sulfone groups is 1. The normalized spacial score (nSPS) is 20.5. The highest BCUT2D eigenvalue weighted by molar-refractivity contribution is 7.91. The fourth-order valence-electron chi connectivity index (χ4n) is 4.44. The number of hydrogen-bond donors (Lipinski definition) is 1. The molecule has 1 amide bonds. The molecule has 0 aliphatic carbocycles. The largest absolute Gasteiger partial charge is 0.497 e. The van der Waals surface area contributed by atoms with Gasteiger partial charge in [0.2, 0.25) is 0 Å². The summed E-state index contributed by atoms with van der Waals surface area (Å²) in [5.41, 5.74) is 3.17. The Morgan fingerprint density at radius 2 is 1.91 bits per heavy atom. The Labute approximate surface area is 194 Å². The second kappa shape index (κ2) is 8.74. The molecule has 8 heteroatoms. The van der Waals surface area contributed by atoms with Crippen LogP contribution in [0, 0.1) is 0 Å². The Morgan fingerprint density at radius 3 is 2.61 bits per heavy atom. The quantitative estimate of drug-likeness (QED) is 0.657. The molecule has 1 fully saturated rings. The summed E-state index contributed by atoms with van der Waals surface area (Å²) in [4.78, 5) is 30.7. The van der Waals surface area contributed by atoms with E-state index in [1.165, 1.54) is 0 Å². The number of nitrogens with one attached hydrogen (secondary N) is 1. The third-order valence-electron chi connectivity index (χ3n) is 6.03. The maximum Gasteiger partial charge on any atom is 0.251 e. The maximum absolute atomic E-state index is 13.2. The molecule has 174 valence electrons. The van der Waals surface area contributed by atoms with Crippen molar-refractivity contribution in [1.29, 1.82) is 0 Å². The van der Waals surface area contributed by atoms with Gasteiger partial charge in [-0.3, -0.25) is 14.6 Å². The van der Waals surface area contributed by atoms with E-state index in [-0.39, 0.29) is 35.2 Å². The van der Waals surface area contributed by atoms with E-state index in [4.69, 9.17) is 9.73 Å². The molecule has 0 spiro atoms. The summed E-state index contributed by atoms with van der Waals surface area (Å²) in [7, 11) is -1.49. The Morgan fingerprint density at radius 1 is 1.15 bits per heavy atom. The van der Waals surface area contributed by atoms with Crippen molar-refractivity contribution in [3.05, 3.63) is 64.7 Å². The van der Waals surface area contributed by atoms with Crippen LogP contribution in [0.2, 0.25) is 0 Å². The monoisotopic (exact) mass is 468 g/mol. The molecular formula is C25H28N2O5S. The van der Waals surface area contributed by atoms with Crippen LogP contribution < -0.4 is 10.1 Å². The summed E-state index contributed by atoms with van der Waals surface area (Å²) in [6, 6.07) is 12.0. The van der Waals surface area contributed by atoms with Crippen LogP contribution in [-0.2, 0) is 16.3 Å². The van der Waals surface area contributed by atoms with Crippen LogP contribution in [0.4, 0.5) is 0 Å². The first-order valence-corrected chi connectivity index (χ1v) is 12.8. The first-order valence-electron chi connectivity index (χ1n) is 11.0. The zero-order valence-corrected chi connectivity index (χ0v) is 19.9. The van der Waals surface area contributed by atoms with Crippen molar-refractivity contribution in [3.63, 3.8) is 0 Å². The average Bonchev–Trinajstić information content (AvgIpc) is 3.10. The first-order chi connectivity index (χ1) is 15.5. The first kappa shape index (κ1) is 23.2. The molecule has 2 aromatic rings. The van der Waals surface area contributed by atoms with Gasteiger partial charge in [0.15, 0.2) is 15.6 Å².